The molecule has 7 heteroatoms. The SMILES string of the molecule is CN=C(NCCc1ncc(C)s1)NCCN1CCCCCC1.I. The molecule has 132 valence electrons. The van der Waals surface area contributed by atoms with Gasteiger partial charge in [-0.3, -0.25) is 4.99 Å². The zero-order valence-corrected chi connectivity index (χ0v) is 17.5. The molecule has 2 heterocycles. The summed E-state index contributed by atoms with van der Waals surface area (Å²) >= 11 is 1.77. The first kappa shape index (κ1) is 20.6. The molecule has 23 heavy (non-hydrogen) atoms. The molecule has 0 aliphatic carbocycles. The van der Waals surface area contributed by atoms with E-state index in [1.54, 1.807) is 11.3 Å². The summed E-state index contributed by atoms with van der Waals surface area (Å²) < 4.78 is 0. The molecule has 2 rings (SSSR count). The van der Waals surface area contributed by atoms with Gasteiger partial charge >= 0.3 is 0 Å². The normalized spacial score (nSPS) is 16.5. The van der Waals surface area contributed by atoms with Crippen LogP contribution >= 0.6 is 35.3 Å². The first-order valence-corrected chi connectivity index (χ1v) is 9.18. The van der Waals surface area contributed by atoms with Gasteiger partial charge < -0.3 is 15.5 Å². The van der Waals surface area contributed by atoms with Crippen LogP contribution in [0.5, 0.6) is 0 Å². The number of guanidine groups is 1. The lowest BCUT2D eigenvalue weighted by Gasteiger charge is -2.20. The Morgan fingerprint density at radius 1 is 1.22 bits per heavy atom. The van der Waals surface area contributed by atoms with Gasteiger partial charge in [-0.2, -0.15) is 0 Å². The van der Waals surface area contributed by atoms with Crippen LogP contribution in [0.15, 0.2) is 11.2 Å². The van der Waals surface area contributed by atoms with Crippen molar-refractivity contribution in [3.8, 4) is 0 Å². The molecular formula is C16H30IN5S. The third-order valence-electron chi connectivity index (χ3n) is 3.94. The fraction of sp³-hybridized carbons (Fsp3) is 0.750. The van der Waals surface area contributed by atoms with Crippen LogP contribution in [0.2, 0.25) is 0 Å². The highest BCUT2D eigenvalue weighted by Crippen LogP contribution is 2.11. The van der Waals surface area contributed by atoms with Gasteiger partial charge in [-0.15, -0.1) is 35.3 Å². The van der Waals surface area contributed by atoms with E-state index in [0.717, 1.165) is 32.0 Å². The molecule has 0 bridgehead atoms. The van der Waals surface area contributed by atoms with Crippen LogP contribution in [0, 0.1) is 6.92 Å². The second-order valence-electron chi connectivity index (χ2n) is 5.80. The first-order valence-electron chi connectivity index (χ1n) is 8.36. The molecule has 0 saturated carbocycles. The number of likely N-dealkylation sites (tertiary alicyclic amines) is 1. The van der Waals surface area contributed by atoms with E-state index < -0.39 is 0 Å². The van der Waals surface area contributed by atoms with E-state index in [-0.39, 0.29) is 24.0 Å². The lowest BCUT2D eigenvalue weighted by Crippen LogP contribution is -2.42. The first-order chi connectivity index (χ1) is 10.8. The Kier molecular flexibility index (Phi) is 10.8. The molecule has 1 saturated heterocycles. The Bertz CT molecular complexity index is 455. The van der Waals surface area contributed by atoms with Crippen molar-refractivity contribution in [1.82, 2.24) is 20.5 Å². The van der Waals surface area contributed by atoms with Crippen LogP contribution in [-0.4, -0.2) is 55.6 Å². The minimum Gasteiger partial charge on any atom is -0.356 e. The Morgan fingerprint density at radius 2 is 1.91 bits per heavy atom. The second-order valence-corrected chi connectivity index (χ2v) is 7.12. The number of nitrogens with zero attached hydrogens (tertiary/aromatic N) is 3. The molecule has 0 amide bonds. The van der Waals surface area contributed by atoms with E-state index in [4.69, 9.17) is 0 Å². The molecule has 0 spiro atoms. The number of hydrogen-bond donors (Lipinski definition) is 2. The average molecular weight is 451 g/mol. The second kappa shape index (κ2) is 12.0. The van der Waals surface area contributed by atoms with Gasteiger partial charge in [-0.1, -0.05) is 12.8 Å². The van der Waals surface area contributed by atoms with E-state index in [0.29, 0.717) is 0 Å². The maximum Gasteiger partial charge on any atom is 0.191 e. The summed E-state index contributed by atoms with van der Waals surface area (Å²) in [6.45, 7) is 7.52. The molecule has 0 aromatic carbocycles. The van der Waals surface area contributed by atoms with Gasteiger partial charge in [-0.05, 0) is 32.9 Å². The number of halogens is 1. The van der Waals surface area contributed by atoms with Gasteiger partial charge in [0, 0.05) is 44.2 Å². The van der Waals surface area contributed by atoms with Crippen molar-refractivity contribution in [1.29, 1.82) is 0 Å². The Balaban J connectivity index is 0.00000264. The lowest BCUT2D eigenvalue weighted by molar-refractivity contribution is 0.289. The van der Waals surface area contributed by atoms with Crippen molar-refractivity contribution < 1.29 is 0 Å². The third-order valence-corrected chi connectivity index (χ3v) is 4.92. The van der Waals surface area contributed by atoms with Crippen molar-refractivity contribution in [3.05, 3.63) is 16.1 Å². The van der Waals surface area contributed by atoms with E-state index in [1.165, 1.54) is 48.7 Å². The van der Waals surface area contributed by atoms with Crippen molar-refractivity contribution in [2.75, 3.05) is 39.8 Å². The minimum absolute atomic E-state index is 0. The number of thiazole rings is 1. The van der Waals surface area contributed by atoms with Crippen LogP contribution in [0.25, 0.3) is 0 Å². The van der Waals surface area contributed by atoms with Gasteiger partial charge in [0.15, 0.2) is 5.96 Å². The van der Waals surface area contributed by atoms with Gasteiger partial charge in [-0.25, -0.2) is 4.98 Å². The summed E-state index contributed by atoms with van der Waals surface area (Å²) in [6.07, 6.45) is 8.37. The molecule has 1 aromatic heterocycles. The number of hydrogen-bond acceptors (Lipinski definition) is 4. The van der Waals surface area contributed by atoms with Crippen molar-refractivity contribution in [2.24, 2.45) is 4.99 Å². The standard InChI is InChI=1S/C16H29N5S.HI/c1-14-13-20-15(22-14)7-8-18-16(17-2)19-9-12-21-10-5-3-4-6-11-21;/h13H,3-12H2,1-2H3,(H2,17,18,19);1H. The molecule has 1 aliphatic rings. The molecule has 0 unspecified atom stereocenters. The quantitative estimate of drug-likeness (QED) is 0.397. The van der Waals surface area contributed by atoms with Crippen LogP contribution in [0.3, 0.4) is 0 Å². The zero-order valence-electron chi connectivity index (χ0n) is 14.3. The predicted octanol–water partition coefficient (Wildman–Crippen LogP) is 2.65. The molecular weight excluding hydrogens is 421 g/mol. The zero-order chi connectivity index (χ0) is 15.6. The van der Waals surface area contributed by atoms with Gasteiger partial charge in [0.25, 0.3) is 0 Å². The van der Waals surface area contributed by atoms with Crippen LogP contribution in [0.4, 0.5) is 0 Å². The molecule has 1 aromatic rings. The average Bonchev–Trinajstić information content (AvgIpc) is 2.77. The molecule has 1 fully saturated rings. The Hall–Kier alpha value is -0.410. The van der Waals surface area contributed by atoms with E-state index >= 15 is 0 Å². The fourth-order valence-corrected chi connectivity index (χ4v) is 3.50. The van der Waals surface area contributed by atoms with Crippen LogP contribution < -0.4 is 10.6 Å². The summed E-state index contributed by atoms with van der Waals surface area (Å²) in [5.74, 6) is 0.892. The number of aliphatic imine (C=N–C) groups is 1. The minimum atomic E-state index is 0. The smallest absolute Gasteiger partial charge is 0.191 e. The van der Waals surface area contributed by atoms with Crippen molar-refractivity contribution in [2.45, 2.75) is 39.0 Å². The maximum absolute atomic E-state index is 4.38. The molecule has 0 radical (unpaired) electrons. The lowest BCUT2D eigenvalue weighted by atomic mass is 10.2. The van der Waals surface area contributed by atoms with Crippen molar-refractivity contribution in [3.63, 3.8) is 0 Å². The number of nitrogens with one attached hydrogen (secondary N) is 2. The summed E-state index contributed by atoms with van der Waals surface area (Å²) in [5.41, 5.74) is 0. The van der Waals surface area contributed by atoms with Gasteiger partial charge in [0.1, 0.15) is 0 Å². The molecule has 0 atom stereocenters. The highest BCUT2D eigenvalue weighted by atomic mass is 127. The number of aromatic nitrogens is 1. The topological polar surface area (TPSA) is 52.6 Å². The van der Waals surface area contributed by atoms with Crippen molar-refractivity contribution >= 4 is 41.3 Å². The Labute approximate surface area is 161 Å². The molecule has 2 N–H and O–H groups in total. The number of rotatable bonds is 6. The molecule has 1 aliphatic heterocycles. The van der Waals surface area contributed by atoms with Gasteiger partial charge in [0.2, 0.25) is 0 Å². The summed E-state index contributed by atoms with van der Waals surface area (Å²) in [6, 6.07) is 0. The highest BCUT2D eigenvalue weighted by Gasteiger charge is 2.08. The van der Waals surface area contributed by atoms with E-state index in [2.05, 4.69) is 32.4 Å². The number of aryl methyl sites for hydroxylation is 1. The largest absolute Gasteiger partial charge is 0.356 e. The maximum atomic E-state index is 4.38. The third kappa shape index (κ3) is 8.30. The summed E-state index contributed by atoms with van der Waals surface area (Å²) in [5, 5.41) is 7.96. The fourth-order valence-electron chi connectivity index (χ4n) is 2.72. The van der Waals surface area contributed by atoms with Gasteiger partial charge in [0.05, 0.1) is 5.01 Å². The molecule has 5 nitrogen and oxygen atoms in total. The van der Waals surface area contributed by atoms with E-state index in [1.807, 2.05) is 13.2 Å². The Morgan fingerprint density at radius 3 is 2.52 bits per heavy atom. The highest BCUT2D eigenvalue weighted by molar-refractivity contribution is 14.0. The monoisotopic (exact) mass is 451 g/mol. The summed E-state index contributed by atoms with van der Waals surface area (Å²) in [4.78, 5) is 12.5. The van der Waals surface area contributed by atoms with E-state index in [9.17, 15) is 0 Å². The predicted molar refractivity (Wildman–Crippen MR) is 110 cm³/mol. The van der Waals surface area contributed by atoms with Crippen LogP contribution in [0.1, 0.15) is 35.6 Å². The van der Waals surface area contributed by atoms with Crippen LogP contribution in [-0.2, 0) is 6.42 Å². The summed E-state index contributed by atoms with van der Waals surface area (Å²) in [7, 11) is 1.83.